The van der Waals surface area contributed by atoms with E-state index in [0.717, 1.165) is 0 Å². The van der Waals surface area contributed by atoms with E-state index in [1.54, 1.807) is 12.1 Å². The molecule has 0 N–H and O–H groups in total. The van der Waals surface area contributed by atoms with Gasteiger partial charge in [0.25, 0.3) is 5.91 Å². The lowest BCUT2D eigenvalue weighted by Crippen LogP contribution is -2.48. The van der Waals surface area contributed by atoms with Crippen molar-refractivity contribution in [3.05, 3.63) is 28.8 Å². The zero-order chi connectivity index (χ0) is 23.2. The van der Waals surface area contributed by atoms with Gasteiger partial charge in [0.2, 0.25) is 5.91 Å². The van der Waals surface area contributed by atoms with Gasteiger partial charge in [-0.2, -0.15) is 13.2 Å². The Hall–Kier alpha value is -2.49. The Morgan fingerprint density at radius 1 is 1.23 bits per heavy atom. The number of halogens is 4. The first-order valence-corrected chi connectivity index (χ1v) is 10.1. The molecule has 11 heteroatoms. The van der Waals surface area contributed by atoms with E-state index < -0.39 is 37.1 Å². The second-order valence-electron chi connectivity index (χ2n) is 7.03. The summed E-state index contributed by atoms with van der Waals surface area (Å²) in [4.78, 5) is 39.1. The highest BCUT2D eigenvalue weighted by Gasteiger charge is 2.38. The van der Waals surface area contributed by atoms with Crippen molar-refractivity contribution in [2.75, 3.05) is 39.9 Å². The van der Waals surface area contributed by atoms with Crippen molar-refractivity contribution >= 4 is 29.4 Å². The molecule has 0 bridgehead atoms. The number of esters is 1. The number of likely N-dealkylation sites (tertiary alicyclic amines) is 1. The SMILES string of the molecule is CCOC(=O)CN(CC(F)(F)F)C(=O)C1CCN(C(=O)c2cc(Cl)ccc2OC)CC1. The number of hydrogen-bond acceptors (Lipinski definition) is 5. The van der Waals surface area contributed by atoms with Gasteiger partial charge in [-0.15, -0.1) is 0 Å². The molecule has 1 aromatic rings. The van der Waals surface area contributed by atoms with E-state index in [0.29, 0.717) is 15.7 Å². The van der Waals surface area contributed by atoms with Gasteiger partial charge in [-0.25, -0.2) is 0 Å². The summed E-state index contributed by atoms with van der Waals surface area (Å²) in [5.74, 6) is -2.41. The van der Waals surface area contributed by atoms with Crippen molar-refractivity contribution in [1.29, 1.82) is 0 Å². The molecule has 0 saturated carbocycles. The maximum absolute atomic E-state index is 12.9. The molecule has 7 nitrogen and oxygen atoms in total. The normalized spacial score (nSPS) is 14.8. The number of piperidine rings is 1. The summed E-state index contributed by atoms with van der Waals surface area (Å²) in [7, 11) is 1.42. The van der Waals surface area contributed by atoms with Crippen LogP contribution in [0.4, 0.5) is 13.2 Å². The Kier molecular flexibility index (Phi) is 8.55. The van der Waals surface area contributed by atoms with Crippen LogP contribution in [-0.2, 0) is 14.3 Å². The van der Waals surface area contributed by atoms with Gasteiger partial charge in [-0.3, -0.25) is 14.4 Å². The molecule has 0 spiro atoms. The van der Waals surface area contributed by atoms with Crippen molar-refractivity contribution < 1.29 is 37.0 Å². The largest absolute Gasteiger partial charge is 0.496 e. The standard InChI is InChI=1S/C20H24ClF3N2O5/c1-3-31-17(27)11-26(12-20(22,23)24)18(28)13-6-8-25(9-7-13)19(29)15-10-14(21)4-5-16(15)30-2/h4-5,10,13H,3,6-9,11-12H2,1-2H3. The van der Waals surface area contributed by atoms with Crippen molar-refractivity contribution in [2.45, 2.75) is 25.9 Å². The van der Waals surface area contributed by atoms with Crippen LogP contribution in [0.1, 0.15) is 30.1 Å². The van der Waals surface area contributed by atoms with E-state index in [1.165, 1.54) is 25.0 Å². The van der Waals surface area contributed by atoms with E-state index in [4.69, 9.17) is 16.3 Å². The van der Waals surface area contributed by atoms with Gasteiger partial charge >= 0.3 is 12.1 Å². The first-order chi connectivity index (χ1) is 14.6. The molecule has 0 unspecified atom stereocenters. The molecule has 1 saturated heterocycles. The zero-order valence-corrected chi connectivity index (χ0v) is 18.0. The van der Waals surface area contributed by atoms with Crippen molar-refractivity contribution in [1.82, 2.24) is 9.80 Å². The number of hydrogen-bond donors (Lipinski definition) is 0. The Morgan fingerprint density at radius 2 is 1.87 bits per heavy atom. The monoisotopic (exact) mass is 464 g/mol. The Balaban J connectivity index is 2.05. The lowest BCUT2D eigenvalue weighted by Gasteiger charge is -2.34. The number of rotatable bonds is 7. The van der Waals surface area contributed by atoms with Crippen LogP contribution in [0.2, 0.25) is 5.02 Å². The van der Waals surface area contributed by atoms with Crippen LogP contribution in [0.3, 0.4) is 0 Å². The highest BCUT2D eigenvalue weighted by molar-refractivity contribution is 6.31. The molecular formula is C20H24ClF3N2O5. The fourth-order valence-electron chi connectivity index (χ4n) is 3.40. The van der Waals surface area contributed by atoms with E-state index in [2.05, 4.69) is 4.74 Å². The first-order valence-electron chi connectivity index (χ1n) is 9.69. The molecule has 1 fully saturated rings. The van der Waals surface area contributed by atoms with Gasteiger partial charge in [-0.05, 0) is 38.0 Å². The smallest absolute Gasteiger partial charge is 0.406 e. The minimum Gasteiger partial charge on any atom is -0.496 e. The minimum atomic E-state index is -4.65. The number of nitrogens with zero attached hydrogens (tertiary/aromatic N) is 2. The average molecular weight is 465 g/mol. The summed E-state index contributed by atoms with van der Waals surface area (Å²) >= 11 is 5.97. The van der Waals surface area contributed by atoms with Gasteiger partial charge in [0.1, 0.15) is 18.8 Å². The molecule has 172 valence electrons. The van der Waals surface area contributed by atoms with Gasteiger partial charge in [0, 0.05) is 24.0 Å². The van der Waals surface area contributed by atoms with Crippen LogP contribution in [-0.4, -0.2) is 73.7 Å². The van der Waals surface area contributed by atoms with Gasteiger partial charge < -0.3 is 19.3 Å². The predicted octanol–water partition coefficient (Wildman–Crippen LogP) is 3.15. The molecule has 1 aliphatic heterocycles. The minimum absolute atomic E-state index is 0.000344. The number of methoxy groups -OCH3 is 1. The fourth-order valence-corrected chi connectivity index (χ4v) is 3.57. The van der Waals surface area contributed by atoms with E-state index in [9.17, 15) is 27.6 Å². The summed E-state index contributed by atoms with van der Waals surface area (Å²) in [6, 6.07) is 4.63. The molecule has 1 heterocycles. The van der Waals surface area contributed by atoms with E-state index in [1.807, 2.05) is 0 Å². The topological polar surface area (TPSA) is 76.2 Å². The third-order valence-corrected chi connectivity index (χ3v) is 5.07. The quantitative estimate of drug-likeness (QED) is 0.579. The Labute approximate surface area is 183 Å². The maximum atomic E-state index is 12.9. The molecule has 2 amide bonds. The summed E-state index contributed by atoms with van der Waals surface area (Å²) < 4.78 is 48.6. The first kappa shape index (κ1) is 24.8. The summed E-state index contributed by atoms with van der Waals surface area (Å²) in [5, 5.41) is 0.357. The highest BCUT2D eigenvalue weighted by atomic mass is 35.5. The van der Waals surface area contributed by atoms with Crippen LogP contribution in [0.25, 0.3) is 0 Å². The molecule has 0 aliphatic carbocycles. The molecule has 31 heavy (non-hydrogen) atoms. The lowest BCUT2D eigenvalue weighted by molar-refractivity contribution is -0.170. The number of carbonyl (C=O) groups excluding carboxylic acids is 3. The fraction of sp³-hybridized carbons (Fsp3) is 0.550. The summed E-state index contributed by atoms with van der Waals surface area (Å²) in [5.41, 5.74) is 0.265. The number of amides is 2. The van der Waals surface area contributed by atoms with Crippen molar-refractivity contribution in [3.8, 4) is 5.75 Å². The number of benzene rings is 1. The number of alkyl halides is 3. The molecule has 0 radical (unpaired) electrons. The third-order valence-electron chi connectivity index (χ3n) is 4.83. The lowest BCUT2D eigenvalue weighted by atomic mass is 9.94. The van der Waals surface area contributed by atoms with Crippen molar-refractivity contribution in [2.24, 2.45) is 5.92 Å². The van der Waals surface area contributed by atoms with Gasteiger partial charge in [0.15, 0.2) is 0 Å². The van der Waals surface area contributed by atoms with Crippen LogP contribution < -0.4 is 4.74 Å². The Bertz CT molecular complexity index is 810. The predicted molar refractivity (Wildman–Crippen MR) is 106 cm³/mol. The maximum Gasteiger partial charge on any atom is 0.406 e. The van der Waals surface area contributed by atoms with Crippen LogP contribution in [0.5, 0.6) is 5.75 Å². The highest BCUT2D eigenvalue weighted by Crippen LogP contribution is 2.28. The van der Waals surface area contributed by atoms with Crippen LogP contribution >= 0.6 is 11.6 Å². The molecule has 2 rings (SSSR count). The summed E-state index contributed by atoms with van der Waals surface area (Å²) in [6.07, 6.45) is -4.31. The van der Waals surface area contributed by atoms with Crippen molar-refractivity contribution in [3.63, 3.8) is 0 Å². The van der Waals surface area contributed by atoms with Crippen LogP contribution in [0.15, 0.2) is 18.2 Å². The van der Waals surface area contributed by atoms with Crippen LogP contribution in [0, 0.1) is 5.92 Å². The van der Waals surface area contributed by atoms with E-state index in [-0.39, 0.29) is 44.0 Å². The van der Waals surface area contributed by atoms with Gasteiger partial charge in [-0.1, -0.05) is 11.6 Å². The average Bonchev–Trinajstić information content (AvgIpc) is 2.71. The number of carbonyl (C=O) groups is 3. The number of ether oxygens (including phenoxy) is 2. The second-order valence-corrected chi connectivity index (χ2v) is 7.46. The molecule has 1 aliphatic rings. The third kappa shape index (κ3) is 7.02. The Morgan fingerprint density at radius 3 is 2.42 bits per heavy atom. The van der Waals surface area contributed by atoms with Gasteiger partial charge in [0.05, 0.1) is 19.3 Å². The molecule has 0 atom stereocenters. The zero-order valence-electron chi connectivity index (χ0n) is 17.2. The van der Waals surface area contributed by atoms with E-state index >= 15 is 0 Å². The second kappa shape index (κ2) is 10.7. The molecule has 1 aromatic carbocycles. The summed E-state index contributed by atoms with van der Waals surface area (Å²) in [6.45, 7) is -0.446. The molecular weight excluding hydrogens is 441 g/mol. The molecule has 0 aromatic heterocycles.